The SMILES string of the molecule is Cc1ccc(C(C(=O)Nc2ccc3ccccc3c2)N(C(=O)CNC(=O)OC(C)(C)C)C(C)(C)C)c(C)c1. The van der Waals surface area contributed by atoms with Crippen LogP contribution in [-0.2, 0) is 14.3 Å². The van der Waals surface area contributed by atoms with Crippen LogP contribution in [0.3, 0.4) is 0 Å². The maximum Gasteiger partial charge on any atom is 0.408 e. The van der Waals surface area contributed by atoms with Crippen LogP contribution in [0.2, 0.25) is 0 Å². The lowest BCUT2D eigenvalue weighted by molar-refractivity contribution is -0.144. The summed E-state index contributed by atoms with van der Waals surface area (Å²) in [4.78, 5) is 41.5. The number of carbonyl (C=O) groups excluding carboxylic acids is 3. The Morgan fingerprint density at radius 2 is 1.53 bits per heavy atom. The van der Waals surface area contributed by atoms with Gasteiger partial charge in [-0.2, -0.15) is 0 Å². The fourth-order valence-electron chi connectivity index (χ4n) is 4.46. The number of nitrogens with one attached hydrogen (secondary N) is 2. The van der Waals surface area contributed by atoms with Gasteiger partial charge in [0.2, 0.25) is 5.91 Å². The molecule has 3 aromatic rings. The van der Waals surface area contributed by atoms with Crippen molar-refractivity contribution in [2.24, 2.45) is 0 Å². The number of nitrogens with zero attached hydrogens (tertiary/aromatic N) is 1. The molecule has 0 bridgehead atoms. The molecule has 0 spiro atoms. The first-order valence-electron chi connectivity index (χ1n) is 12.8. The molecule has 1 atom stereocenters. The van der Waals surface area contributed by atoms with Crippen molar-refractivity contribution in [1.29, 1.82) is 0 Å². The quantitative estimate of drug-likeness (QED) is 0.402. The first-order chi connectivity index (χ1) is 17.7. The van der Waals surface area contributed by atoms with Gasteiger partial charge in [0.25, 0.3) is 5.91 Å². The Kier molecular flexibility index (Phi) is 8.50. The van der Waals surface area contributed by atoms with E-state index in [9.17, 15) is 14.4 Å². The van der Waals surface area contributed by atoms with Gasteiger partial charge in [0.15, 0.2) is 0 Å². The van der Waals surface area contributed by atoms with Crippen LogP contribution in [0.15, 0.2) is 60.7 Å². The van der Waals surface area contributed by atoms with Crippen molar-refractivity contribution in [2.75, 3.05) is 11.9 Å². The van der Waals surface area contributed by atoms with Gasteiger partial charge in [0.05, 0.1) is 0 Å². The largest absolute Gasteiger partial charge is 0.444 e. The molecular formula is C31H39N3O4. The van der Waals surface area contributed by atoms with Gasteiger partial charge in [-0.3, -0.25) is 9.59 Å². The minimum atomic E-state index is -0.935. The maximum absolute atomic E-state index is 14.0. The average Bonchev–Trinajstić information content (AvgIpc) is 2.79. The molecule has 0 aliphatic carbocycles. The second-order valence-electron chi connectivity index (χ2n) is 11.6. The number of rotatable bonds is 6. The average molecular weight is 518 g/mol. The third-order valence-electron chi connectivity index (χ3n) is 6.02. The number of anilines is 1. The maximum atomic E-state index is 14.0. The molecule has 0 saturated heterocycles. The van der Waals surface area contributed by atoms with Crippen LogP contribution in [0.1, 0.15) is 64.3 Å². The number of fused-ring (bicyclic) bond motifs is 1. The van der Waals surface area contributed by atoms with E-state index in [1.165, 1.54) is 0 Å². The molecule has 0 heterocycles. The highest BCUT2D eigenvalue weighted by Gasteiger charge is 2.39. The predicted molar refractivity (Wildman–Crippen MR) is 152 cm³/mol. The van der Waals surface area contributed by atoms with Crippen molar-refractivity contribution >= 4 is 34.4 Å². The first-order valence-corrected chi connectivity index (χ1v) is 12.8. The van der Waals surface area contributed by atoms with Gasteiger partial charge in [0, 0.05) is 11.2 Å². The van der Waals surface area contributed by atoms with Gasteiger partial charge in [0.1, 0.15) is 18.2 Å². The third-order valence-corrected chi connectivity index (χ3v) is 6.02. The van der Waals surface area contributed by atoms with Gasteiger partial charge in [-0.15, -0.1) is 0 Å². The van der Waals surface area contributed by atoms with Crippen molar-refractivity contribution < 1.29 is 19.1 Å². The van der Waals surface area contributed by atoms with Gasteiger partial charge in [-0.05, 0) is 89.4 Å². The number of benzene rings is 3. The molecule has 0 aliphatic heterocycles. The Morgan fingerprint density at radius 1 is 0.868 bits per heavy atom. The van der Waals surface area contributed by atoms with E-state index in [4.69, 9.17) is 4.74 Å². The molecular weight excluding hydrogens is 478 g/mol. The fraction of sp³-hybridized carbons (Fsp3) is 0.387. The van der Waals surface area contributed by atoms with Crippen molar-refractivity contribution in [3.05, 3.63) is 77.4 Å². The van der Waals surface area contributed by atoms with E-state index in [0.717, 1.165) is 27.5 Å². The minimum absolute atomic E-state index is 0.309. The highest BCUT2D eigenvalue weighted by Crippen LogP contribution is 2.32. The smallest absolute Gasteiger partial charge is 0.408 e. The van der Waals surface area contributed by atoms with E-state index in [2.05, 4.69) is 10.6 Å². The lowest BCUT2D eigenvalue weighted by atomic mass is 9.93. The molecule has 3 aromatic carbocycles. The fourth-order valence-corrected chi connectivity index (χ4v) is 4.46. The molecule has 0 radical (unpaired) electrons. The molecule has 0 aliphatic rings. The van der Waals surface area contributed by atoms with E-state index < -0.39 is 29.2 Å². The zero-order chi connectivity index (χ0) is 28.3. The summed E-state index contributed by atoms with van der Waals surface area (Å²) in [6, 6.07) is 18.5. The summed E-state index contributed by atoms with van der Waals surface area (Å²) in [5.41, 5.74) is 1.87. The number of aryl methyl sites for hydroxylation is 2. The highest BCUT2D eigenvalue weighted by atomic mass is 16.6. The highest BCUT2D eigenvalue weighted by molar-refractivity contribution is 6.00. The lowest BCUT2D eigenvalue weighted by Gasteiger charge is -2.41. The van der Waals surface area contributed by atoms with Crippen LogP contribution in [0.5, 0.6) is 0 Å². The summed E-state index contributed by atoms with van der Waals surface area (Å²) in [5, 5.41) is 7.64. The van der Waals surface area contributed by atoms with Gasteiger partial charge < -0.3 is 20.3 Å². The Labute approximate surface area is 225 Å². The second kappa shape index (κ2) is 11.3. The van der Waals surface area contributed by atoms with Crippen LogP contribution in [0.4, 0.5) is 10.5 Å². The number of hydrogen-bond acceptors (Lipinski definition) is 4. The van der Waals surface area contributed by atoms with E-state index in [0.29, 0.717) is 5.69 Å². The molecule has 7 heteroatoms. The normalized spacial score (nSPS) is 12.5. The standard InChI is InChI=1S/C31H39N3O4/c1-20-13-16-25(21(2)17-20)27(28(36)33-24-15-14-22-11-9-10-12-23(22)18-24)34(30(3,4)5)26(35)19-32-29(37)38-31(6,7)8/h9-18,27H,19H2,1-8H3,(H,32,37)(H,33,36). The Balaban J connectivity index is 1.99. The molecule has 0 aromatic heterocycles. The van der Waals surface area contributed by atoms with Crippen LogP contribution >= 0.6 is 0 Å². The zero-order valence-electron chi connectivity index (χ0n) is 23.6. The molecule has 3 amide bonds. The minimum Gasteiger partial charge on any atom is -0.444 e. The Bertz CT molecular complexity index is 1330. The zero-order valence-corrected chi connectivity index (χ0v) is 23.6. The van der Waals surface area contributed by atoms with Crippen molar-refractivity contribution in [3.63, 3.8) is 0 Å². The van der Waals surface area contributed by atoms with Crippen molar-refractivity contribution in [2.45, 2.75) is 72.6 Å². The molecule has 2 N–H and O–H groups in total. The van der Waals surface area contributed by atoms with E-state index in [1.54, 1.807) is 25.7 Å². The van der Waals surface area contributed by atoms with Crippen molar-refractivity contribution in [1.82, 2.24) is 10.2 Å². The van der Waals surface area contributed by atoms with Crippen LogP contribution in [-0.4, -0.2) is 40.5 Å². The van der Waals surface area contributed by atoms with Crippen LogP contribution in [0.25, 0.3) is 10.8 Å². The molecule has 0 saturated carbocycles. The number of ether oxygens (including phenoxy) is 1. The van der Waals surface area contributed by atoms with Crippen LogP contribution < -0.4 is 10.6 Å². The number of amides is 3. The molecule has 1 unspecified atom stereocenters. The number of alkyl carbamates (subject to hydrolysis) is 1. The molecule has 0 fully saturated rings. The van der Waals surface area contributed by atoms with E-state index >= 15 is 0 Å². The van der Waals surface area contributed by atoms with Gasteiger partial charge in [-0.1, -0.05) is 54.1 Å². The first kappa shape index (κ1) is 28.7. The predicted octanol–water partition coefficient (Wildman–Crippen LogP) is 6.29. The summed E-state index contributed by atoms with van der Waals surface area (Å²) >= 11 is 0. The molecule has 202 valence electrons. The Hall–Kier alpha value is -3.87. The van der Waals surface area contributed by atoms with Gasteiger partial charge in [-0.25, -0.2) is 4.79 Å². The number of hydrogen-bond donors (Lipinski definition) is 2. The number of carbonyl (C=O) groups is 3. The summed E-state index contributed by atoms with van der Waals surface area (Å²) < 4.78 is 5.29. The second-order valence-corrected chi connectivity index (χ2v) is 11.6. The Morgan fingerprint density at radius 3 is 2.13 bits per heavy atom. The summed E-state index contributed by atoms with van der Waals surface area (Å²) in [5.74, 6) is -0.741. The topological polar surface area (TPSA) is 87.7 Å². The van der Waals surface area contributed by atoms with E-state index in [1.807, 2.05) is 95.3 Å². The summed E-state index contributed by atoms with van der Waals surface area (Å²) in [6.07, 6.45) is -0.691. The molecule has 38 heavy (non-hydrogen) atoms. The summed E-state index contributed by atoms with van der Waals surface area (Å²) in [6.45, 7) is 14.5. The van der Waals surface area contributed by atoms with Crippen LogP contribution in [0, 0.1) is 13.8 Å². The molecule has 7 nitrogen and oxygen atoms in total. The summed E-state index contributed by atoms with van der Waals surface area (Å²) in [7, 11) is 0. The molecule has 3 rings (SSSR count). The lowest BCUT2D eigenvalue weighted by Crippen LogP contribution is -2.54. The van der Waals surface area contributed by atoms with E-state index in [-0.39, 0.29) is 12.5 Å². The third kappa shape index (κ3) is 7.34. The van der Waals surface area contributed by atoms with Gasteiger partial charge >= 0.3 is 6.09 Å². The van der Waals surface area contributed by atoms with Crippen molar-refractivity contribution in [3.8, 4) is 0 Å². The monoisotopic (exact) mass is 517 g/mol.